The molecule has 1 aromatic carbocycles. The summed E-state index contributed by atoms with van der Waals surface area (Å²) in [7, 11) is 1.85. The molecule has 2 rings (SSSR count). The number of hydrogen-bond donors (Lipinski definition) is 2. The molecule has 2 N–H and O–H groups in total. The van der Waals surface area contributed by atoms with Gasteiger partial charge in [0.2, 0.25) is 0 Å². The average Bonchev–Trinajstić information content (AvgIpc) is 2.91. The molecule has 0 bridgehead atoms. The Bertz CT molecular complexity index is 625. The van der Waals surface area contributed by atoms with Crippen LogP contribution < -0.4 is 10.2 Å². The normalized spacial score (nSPS) is 11.9. The molecule has 0 aliphatic rings. The fourth-order valence-electron chi connectivity index (χ4n) is 1.98. The topological polar surface area (TPSA) is 89.8 Å². The number of carbonyl (C=O) groups excluding carboxylic acids is 1. The number of anilines is 1. The third kappa shape index (κ3) is 4.15. The molecule has 110 valence electrons. The predicted molar refractivity (Wildman–Crippen MR) is 75.9 cm³/mol. The van der Waals surface area contributed by atoms with Gasteiger partial charge in [-0.15, -0.1) is 0 Å². The number of para-hydroxylation sites is 2. The van der Waals surface area contributed by atoms with E-state index in [1.54, 1.807) is 24.5 Å². The first-order valence-electron chi connectivity index (χ1n) is 6.43. The third-order valence-electron chi connectivity index (χ3n) is 2.89. The summed E-state index contributed by atoms with van der Waals surface area (Å²) in [5.41, 5.74) is 0.0906. The van der Waals surface area contributed by atoms with E-state index in [0.717, 1.165) is 10.7 Å². The van der Waals surface area contributed by atoms with E-state index in [0.29, 0.717) is 6.54 Å². The van der Waals surface area contributed by atoms with Crippen molar-refractivity contribution in [3.8, 4) is 0 Å². The Balaban J connectivity index is 1.94. The van der Waals surface area contributed by atoms with Gasteiger partial charge in [-0.3, -0.25) is 14.9 Å². The zero-order chi connectivity index (χ0) is 15.2. The summed E-state index contributed by atoms with van der Waals surface area (Å²) in [5.74, 6) is 0.499. The zero-order valence-corrected chi connectivity index (χ0v) is 11.5. The average molecular weight is 290 g/mol. The Morgan fingerprint density at radius 3 is 2.76 bits per heavy atom. The molecule has 0 aliphatic carbocycles. The number of nitro benzene ring substituents is 1. The van der Waals surface area contributed by atoms with Crippen LogP contribution in [-0.4, -0.2) is 24.4 Å². The van der Waals surface area contributed by atoms with Crippen LogP contribution in [0.25, 0.3) is 0 Å². The fraction of sp³-hybridized carbons (Fsp3) is 0.214. The van der Waals surface area contributed by atoms with E-state index < -0.39 is 4.92 Å². The fourth-order valence-corrected chi connectivity index (χ4v) is 1.98. The maximum absolute atomic E-state index is 11.9. The molecule has 0 fully saturated rings. The lowest BCUT2D eigenvalue weighted by molar-refractivity contribution is -0.886. The summed E-state index contributed by atoms with van der Waals surface area (Å²) in [5, 5.41) is 13.4. The van der Waals surface area contributed by atoms with E-state index in [9.17, 15) is 14.9 Å². The summed E-state index contributed by atoms with van der Waals surface area (Å²) >= 11 is 0. The molecule has 1 aromatic heterocycles. The maximum atomic E-state index is 11.9. The van der Waals surface area contributed by atoms with Crippen LogP contribution in [0.4, 0.5) is 11.4 Å². The van der Waals surface area contributed by atoms with Gasteiger partial charge in [0, 0.05) is 6.07 Å². The smallest absolute Gasteiger partial charge is 0.292 e. The number of benzene rings is 1. The predicted octanol–water partition coefficient (Wildman–Crippen LogP) is 0.841. The van der Waals surface area contributed by atoms with Crippen molar-refractivity contribution >= 4 is 17.3 Å². The molecule has 1 amide bonds. The van der Waals surface area contributed by atoms with E-state index >= 15 is 0 Å². The summed E-state index contributed by atoms with van der Waals surface area (Å²) in [6, 6.07) is 9.69. The molecular weight excluding hydrogens is 274 g/mol. The molecule has 7 heteroatoms. The minimum Gasteiger partial charge on any atom is -0.463 e. The summed E-state index contributed by atoms with van der Waals surface area (Å²) in [4.78, 5) is 23.2. The van der Waals surface area contributed by atoms with Gasteiger partial charge in [-0.25, -0.2) is 0 Å². The first kappa shape index (κ1) is 14.7. The van der Waals surface area contributed by atoms with Crippen molar-refractivity contribution in [2.45, 2.75) is 6.54 Å². The van der Waals surface area contributed by atoms with E-state index in [1.807, 2.05) is 13.1 Å². The molecule has 0 spiro atoms. The molecular formula is C14H16N3O4+. The summed E-state index contributed by atoms with van der Waals surface area (Å²) < 4.78 is 5.21. The van der Waals surface area contributed by atoms with Gasteiger partial charge in [0.25, 0.3) is 11.6 Å². The number of carbonyl (C=O) groups is 1. The van der Waals surface area contributed by atoms with Gasteiger partial charge in [0.1, 0.15) is 12.2 Å². The lowest BCUT2D eigenvalue weighted by Gasteiger charge is -2.12. The van der Waals surface area contributed by atoms with Crippen LogP contribution in [0.15, 0.2) is 47.1 Å². The lowest BCUT2D eigenvalue weighted by Crippen LogP contribution is -3.08. The Kier molecular flexibility index (Phi) is 4.68. The minimum atomic E-state index is -0.519. The van der Waals surface area contributed by atoms with Crippen LogP contribution in [0, 0.1) is 10.1 Å². The molecule has 2 aromatic rings. The van der Waals surface area contributed by atoms with Crippen molar-refractivity contribution in [1.29, 1.82) is 0 Å². The Morgan fingerprint density at radius 1 is 1.33 bits per heavy atom. The number of nitro groups is 1. The van der Waals surface area contributed by atoms with Crippen LogP contribution in [0.2, 0.25) is 0 Å². The summed E-state index contributed by atoms with van der Waals surface area (Å²) in [6.45, 7) is 0.754. The van der Waals surface area contributed by atoms with Gasteiger partial charge >= 0.3 is 0 Å². The molecule has 1 heterocycles. The van der Waals surface area contributed by atoms with Crippen molar-refractivity contribution in [2.24, 2.45) is 0 Å². The van der Waals surface area contributed by atoms with Gasteiger partial charge < -0.3 is 14.6 Å². The quantitative estimate of drug-likeness (QED) is 0.609. The number of furan rings is 1. The zero-order valence-electron chi connectivity index (χ0n) is 11.5. The number of likely N-dealkylation sites (N-methyl/N-ethyl adjacent to an activating group) is 1. The molecule has 1 unspecified atom stereocenters. The molecule has 1 atom stereocenters. The van der Waals surface area contributed by atoms with Crippen LogP contribution in [0.5, 0.6) is 0 Å². The first-order valence-corrected chi connectivity index (χ1v) is 6.43. The van der Waals surface area contributed by atoms with E-state index in [-0.39, 0.29) is 23.8 Å². The van der Waals surface area contributed by atoms with E-state index in [2.05, 4.69) is 5.32 Å². The van der Waals surface area contributed by atoms with Crippen molar-refractivity contribution in [3.05, 3.63) is 58.5 Å². The highest BCUT2D eigenvalue weighted by molar-refractivity contribution is 5.93. The van der Waals surface area contributed by atoms with Gasteiger partial charge in [-0.1, -0.05) is 12.1 Å². The Labute approximate surface area is 121 Å². The van der Waals surface area contributed by atoms with Gasteiger partial charge in [0.15, 0.2) is 12.3 Å². The van der Waals surface area contributed by atoms with Crippen molar-refractivity contribution in [3.63, 3.8) is 0 Å². The highest BCUT2D eigenvalue weighted by atomic mass is 16.6. The van der Waals surface area contributed by atoms with Gasteiger partial charge in [-0.2, -0.15) is 0 Å². The van der Waals surface area contributed by atoms with Crippen molar-refractivity contribution in [1.82, 2.24) is 0 Å². The molecule has 0 saturated heterocycles. The first-order chi connectivity index (χ1) is 10.1. The SMILES string of the molecule is C[NH+](CC(=O)Nc1ccccc1[N+](=O)[O-])Cc1ccco1. The van der Waals surface area contributed by atoms with Gasteiger partial charge in [-0.05, 0) is 18.2 Å². The molecule has 0 saturated carbocycles. The van der Waals surface area contributed by atoms with Crippen LogP contribution in [0.3, 0.4) is 0 Å². The lowest BCUT2D eigenvalue weighted by atomic mass is 10.2. The monoisotopic (exact) mass is 290 g/mol. The minimum absolute atomic E-state index is 0.116. The van der Waals surface area contributed by atoms with Gasteiger partial charge in [0.05, 0.1) is 18.2 Å². The largest absolute Gasteiger partial charge is 0.463 e. The van der Waals surface area contributed by atoms with Crippen LogP contribution >= 0.6 is 0 Å². The Hall–Kier alpha value is -2.67. The molecule has 0 radical (unpaired) electrons. The molecule has 7 nitrogen and oxygen atoms in total. The summed E-state index contributed by atoms with van der Waals surface area (Å²) in [6.07, 6.45) is 1.58. The highest BCUT2D eigenvalue weighted by Gasteiger charge is 2.17. The second-order valence-corrected chi connectivity index (χ2v) is 4.71. The van der Waals surface area contributed by atoms with E-state index in [4.69, 9.17) is 4.42 Å². The number of quaternary nitrogens is 1. The second kappa shape index (κ2) is 6.67. The third-order valence-corrected chi connectivity index (χ3v) is 2.89. The van der Waals surface area contributed by atoms with Crippen molar-refractivity contribution in [2.75, 3.05) is 18.9 Å². The number of nitrogens with zero attached hydrogens (tertiary/aromatic N) is 1. The number of hydrogen-bond acceptors (Lipinski definition) is 4. The van der Waals surface area contributed by atoms with Crippen LogP contribution in [0.1, 0.15) is 5.76 Å². The van der Waals surface area contributed by atoms with E-state index in [1.165, 1.54) is 12.1 Å². The number of rotatable bonds is 6. The highest BCUT2D eigenvalue weighted by Crippen LogP contribution is 2.22. The van der Waals surface area contributed by atoms with Crippen molar-refractivity contribution < 1.29 is 19.0 Å². The standard InChI is InChI=1S/C14H15N3O4/c1-16(9-11-5-4-8-21-11)10-14(18)15-12-6-2-3-7-13(12)17(19)20/h2-8H,9-10H2,1H3,(H,15,18)/p+1. The van der Waals surface area contributed by atoms with Crippen LogP contribution in [-0.2, 0) is 11.3 Å². The second-order valence-electron chi connectivity index (χ2n) is 4.71. The number of nitrogens with one attached hydrogen (secondary N) is 2. The molecule has 0 aliphatic heterocycles. The number of amides is 1. The maximum Gasteiger partial charge on any atom is 0.292 e. The molecule has 21 heavy (non-hydrogen) atoms. The Morgan fingerprint density at radius 2 is 2.10 bits per heavy atom.